The van der Waals surface area contributed by atoms with Crippen LogP contribution >= 0.6 is 0 Å². The second-order valence-corrected chi connectivity index (χ2v) is 30.4. The fraction of sp³-hybridized carbons (Fsp3) is 0.455. The Morgan fingerprint density at radius 1 is 0.351 bits per heavy atom. The zero-order chi connectivity index (χ0) is 63.3. The molecule has 13 aromatic carbocycles. The molecule has 4 aliphatic rings. The molecule has 4 bridgehead atoms. The van der Waals surface area contributed by atoms with Crippen LogP contribution in [0.1, 0.15) is 193 Å². The van der Waals surface area contributed by atoms with E-state index in [0.717, 1.165) is 60.8 Å². The molecule has 13 aromatic rings. The van der Waals surface area contributed by atoms with E-state index in [-0.39, 0.29) is 48.8 Å². The smallest absolute Gasteiger partial charge is 0.309 e. The number of rotatable bonds is 32. The predicted molar refractivity (Wildman–Crippen MR) is 395 cm³/mol. The van der Waals surface area contributed by atoms with Gasteiger partial charge in [0.05, 0.1) is 11.8 Å². The van der Waals surface area contributed by atoms with Gasteiger partial charge in [0.25, 0.3) is 0 Å². The van der Waals surface area contributed by atoms with Crippen molar-refractivity contribution in [1.82, 2.24) is 0 Å². The van der Waals surface area contributed by atoms with Crippen LogP contribution in [0.15, 0.2) is 109 Å². The first-order valence-electron chi connectivity index (χ1n) is 37.5. The first-order chi connectivity index (χ1) is 46.2. The van der Waals surface area contributed by atoms with Gasteiger partial charge in [-0.3, -0.25) is 9.59 Å². The van der Waals surface area contributed by atoms with Gasteiger partial charge < -0.3 is 18.9 Å². The van der Waals surface area contributed by atoms with E-state index in [0.29, 0.717) is 11.8 Å². The molecule has 2 saturated carbocycles. The number of aryl methyl sites for hydroxylation is 2. The SMILES string of the molecule is CCCCCCCCCCCCc1cc2c3cccc4c5cc(OC[C@H](C)OC(=O)C6CC7C=CC6C7)cc6c7cc(OC[C@H](C)OC(=O)C8CC9C=CC8C9)cc8c9cccc%10c%11cc(CCCCCCCCCCCC)cc%12c(c1)c2c1c(c34)c(c56)c(c87)c(c%109)c1c%11%12. The number of ether oxygens (including phenoxy) is 4. The quantitative estimate of drug-likeness (QED) is 0.0138. The zero-order valence-corrected chi connectivity index (χ0v) is 56.3. The molecule has 0 amide bonds. The number of carbonyl (C=O) groups is 2. The van der Waals surface area contributed by atoms with Crippen LogP contribution in [0.25, 0.3) is 129 Å². The Morgan fingerprint density at radius 3 is 0.947 bits per heavy atom. The van der Waals surface area contributed by atoms with Crippen molar-refractivity contribution in [3.05, 3.63) is 120 Å². The third-order valence-electron chi connectivity index (χ3n) is 23.9. The third-order valence-corrected chi connectivity index (χ3v) is 23.9. The minimum atomic E-state index is -0.435. The Balaban J connectivity index is 0.844. The molecule has 0 saturated heterocycles. The van der Waals surface area contributed by atoms with Gasteiger partial charge in [0, 0.05) is 0 Å². The predicted octanol–water partition coefficient (Wildman–Crippen LogP) is 24.1. The van der Waals surface area contributed by atoms with Crippen LogP contribution in [0, 0.1) is 35.5 Å². The van der Waals surface area contributed by atoms with E-state index in [1.165, 1.54) is 258 Å². The lowest BCUT2D eigenvalue weighted by molar-refractivity contribution is -0.156. The van der Waals surface area contributed by atoms with E-state index in [1.807, 2.05) is 13.8 Å². The van der Waals surface area contributed by atoms with Crippen LogP contribution < -0.4 is 9.47 Å². The van der Waals surface area contributed by atoms with Crippen LogP contribution in [0.2, 0.25) is 0 Å². The number of hydrogen-bond donors (Lipinski definition) is 0. The lowest BCUT2D eigenvalue weighted by Gasteiger charge is -2.30. The van der Waals surface area contributed by atoms with Crippen LogP contribution in [-0.2, 0) is 31.9 Å². The van der Waals surface area contributed by atoms with Crippen LogP contribution in [-0.4, -0.2) is 37.4 Å². The van der Waals surface area contributed by atoms with E-state index in [2.05, 4.69) is 123 Å². The average molecular weight is 1250 g/mol. The van der Waals surface area contributed by atoms with E-state index >= 15 is 0 Å². The lowest BCUT2D eigenvalue weighted by atomic mass is 9.73. The maximum absolute atomic E-state index is 13.8. The Bertz CT molecular complexity index is 4670. The molecule has 0 spiro atoms. The number of fused-ring (bicyclic) bond motifs is 10. The van der Waals surface area contributed by atoms with Crippen LogP contribution in [0.5, 0.6) is 11.5 Å². The Labute approximate surface area is 554 Å². The molecular formula is C88H94O6. The maximum Gasteiger partial charge on any atom is 0.309 e. The molecule has 0 heterocycles. The van der Waals surface area contributed by atoms with Crippen LogP contribution in [0.4, 0.5) is 0 Å². The molecule has 482 valence electrons. The number of esters is 2. The minimum Gasteiger partial charge on any atom is -0.490 e. The van der Waals surface area contributed by atoms with E-state index in [4.69, 9.17) is 18.9 Å². The fourth-order valence-corrected chi connectivity index (χ4v) is 19.5. The highest BCUT2D eigenvalue weighted by atomic mass is 16.6. The maximum atomic E-state index is 13.8. The number of allylic oxidation sites excluding steroid dienone is 4. The monoisotopic (exact) mass is 1250 g/mol. The van der Waals surface area contributed by atoms with Crippen molar-refractivity contribution in [2.75, 3.05) is 13.2 Å². The lowest BCUT2D eigenvalue weighted by Crippen LogP contribution is -2.28. The molecule has 17 rings (SSSR count). The van der Waals surface area contributed by atoms with E-state index in [1.54, 1.807) is 0 Å². The Morgan fingerprint density at radius 2 is 0.638 bits per heavy atom. The number of benzene rings is 13. The second kappa shape index (κ2) is 25.0. The summed E-state index contributed by atoms with van der Waals surface area (Å²) in [6.45, 7) is 9.05. The van der Waals surface area contributed by atoms with Gasteiger partial charge in [0.2, 0.25) is 0 Å². The summed E-state index contributed by atoms with van der Waals surface area (Å²) in [5.41, 5.74) is 2.90. The summed E-state index contributed by atoms with van der Waals surface area (Å²) in [7, 11) is 0. The van der Waals surface area contributed by atoms with E-state index < -0.39 is 12.2 Å². The molecule has 94 heavy (non-hydrogen) atoms. The van der Waals surface area contributed by atoms with Gasteiger partial charge in [-0.05, 0) is 254 Å². The van der Waals surface area contributed by atoms with Crippen molar-refractivity contribution >= 4 is 141 Å². The highest BCUT2D eigenvalue weighted by molar-refractivity contribution is 6.61. The van der Waals surface area contributed by atoms with Crippen molar-refractivity contribution in [3.8, 4) is 11.5 Å². The molecule has 6 nitrogen and oxygen atoms in total. The minimum absolute atomic E-state index is 0.0781. The summed E-state index contributed by atoms with van der Waals surface area (Å²) in [6.07, 6.45) is 40.7. The highest BCUT2D eigenvalue weighted by Crippen LogP contribution is 2.61. The molecule has 6 heteroatoms. The molecule has 0 aromatic heterocycles. The summed E-state index contributed by atoms with van der Waals surface area (Å²) in [5, 5.41) is 31.5. The van der Waals surface area contributed by atoms with Crippen molar-refractivity contribution in [2.24, 2.45) is 35.5 Å². The normalized spacial score (nSPS) is 20.3. The molecule has 2 fully saturated rings. The highest BCUT2D eigenvalue weighted by Gasteiger charge is 2.43. The van der Waals surface area contributed by atoms with Crippen molar-refractivity contribution in [3.63, 3.8) is 0 Å². The summed E-state index contributed by atoms with van der Waals surface area (Å²) < 4.78 is 26.5. The summed E-state index contributed by atoms with van der Waals surface area (Å²) in [6, 6.07) is 33.9. The van der Waals surface area contributed by atoms with Gasteiger partial charge in [0.1, 0.15) is 36.9 Å². The molecule has 4 aliphatic carbocycles. The Kier molecular flexibility index (Phi) is 16.0. The molecule has 0 aliphatic heterocycles. The van der Waals surface area contributed by atoms with Gasteiger partial charge in [0.15, 0.2) is 0 Å². The zero-order valence-electron chi connectivity index (χ0n) is 56.3. The number of carbonyl (C=O) groups excluding carboxylic acids is 2. The second-order valence-electron chi connectivity index (χ2n) is 30.4. The number of unbranched alkanes of at least 4 members (excludes halogenated alkanes) is 18. The largest absolute Gasteiger partial charge is 0.490 e. The summed E-state index contributed by atoms with van der Waals surface area (Å²) in [4.78, 5) is 27.5. The van der Waals surface area contributed by atoms with Gasteiger partial charge in [-0.1, -0.05) is 214 Å². The first-order valence-corrected chi connectivity index (χ1v) is 37.5. The van der Waals surface area contributed by atoms with Crippen LogP contribution in [0.3, 0.4) is 0 Å². The molecule has 8 atom stereocenters. The molecule has 0 N–H and O–H groups in total. The van der Waals surface area contributed by atoms with Crippen molar-refractivity contribution in [1.29, 1.82) is 0 Å². The van der Waals surface area contributed by atoms with E-state index in [9.17, 15) is 9.59 Å². The van der Waals surface area contributed by atoms with Gasteiger partial charge in [-0.25, -0.2) is 0 Å². The third kappa shape index (κ3) is 10.2. The van der Waals surface area contributed by atoms with Gasteiger partial charge in [-0.15, -0.1) is 0 Å². The molecular weight excluding hydrogens is 1150 g/mol. The van der Waals surface area contributed by atoms with Gasteiger partial charge in [-0.2, -0.15) is 0 Å². The topological polar surface area (TPSA) is 71.1 Å². The molecule has 0 radical (unpaired) electrons. The summed E-state index contributed by atoms with van der Waals surface area (Å²) in [5.74, 6) is 2.67. The standard InChI is InChI=1S/C88H94O6/c1-5-7-9-11-13-15-17-19-21-23-27-53-41-67-61-29-25-31-63-71-45-59(91-49-51(3)93-87(89)65-39-55-33-35-57(65)37-55)47-73-74-48-60(92-50-52(4)94-88(90)66-40-56-34-36-58(66)38-56)46-72-64-32-26-30-62-68-42-54(28-24-22-20-18-16-14-12-10-8-6-2)44-70-69(43-53)77(67)83-81(75(61)63)85(79(71)73)86(80(72)74)82(76(62)64)84(83)78(68)70/h25-26,29-36,41-48,51-52,55-58,65-66H,5-24,27-28,37-40,49-50H2,1-4H3/t51-,52-,55?,56?,57?,58?,65?,66?/m0/s1. The summed E-state index contributed by atoms with van der Waals surface area (Å²) >= 11 is 0. The molecule has 6 unspecified atom stereocenters. The average Bonchev–Trinajstić information content (AvgIpc) is 0.728. The Hall–Kier alpha value is -7.44. The van der Waals surface area contributed by atoms with Crippen molar-refractivity contribution in [2.45, 2.75) is 207 Å². The van der Waals surface area contributed by atoms with Gasteiger partial charge >= 0.3 is 11.9 Å². The first kappa shape index (κ1) is 60.2. The van der Waals surface area contributed by atoms with Crippen molar-refractivity contribution < 1.29 is 28.5 Å². The fourth-order valence-electron chi connectivity index (χ4n) is 19.5. The number of hydrogen-bond acceptors (Lipinski definition) is 6.